The first-order valence-corrected chi connectivity index (χ1v) is 8.40. The third-order valence-corrected chi connectivity index (χ3v) is 4.54. The molecule has 3 nitrogen and oxygen atoms in total. The number of unbranched alkanes of at least 4 members (excludes halogenated alkanes) is 1. The lowest BCUT2D eigenvalue weighted by Gasteiger charge is -2.40. The molecule has 0 aromatic carbocycles. The maximum atomic E-state index is 5.75. The van der Waals surface area contributed by atoms with E-state index in [1.54, 1.807) is 0 Å². The van der Waals surface area contributed by atoms with Crippen molar-refractivity contribution in [3.8, 4) is 0 Å². The van der Waals surface area contributed by atoms with Crippen molar-refractivity contribution < 1.29 is 4.74 Å². The van der Waals surface area contributed by atoms with Crippen LogP contribution in [0.4, 0.5) is 0 Å². The summed E-state index contributed by atoms with van der Waals surface area (Å²) in [7, 11) is 0. The molecule has 2 atom stereocenters. The molecule has 1 saturated heterocycles. The smallest absolute Gasteiger partial charge is 0.0593 e. The molecular formula is C16H32N2O. The van der Waals surface area contributed by atoms with Crippen LogP contribution in [0.25, 0.3) is 0 Å². The highest BCUT2D eigenvalue weighted by molar-refractivity contribution is 4.94. The number of ether oxygens (including phenoxy) is 1. The second-order valence-electron chi connectivity index (χ2n) is 6.26. The fourth-order valence-electron chi connectivity index (χ4n) is 3.12. The third kappa shape index (κ3) is 5.05. The van der Waals surface area contributed by atoms with Crippen LogP contribution in [0.1, 0.15) is 52.4 Å². The van der Waals surface area contributed by atoms with Crippen LogP contribution >= 0.6 is 0 Å². The molecule has 1 aliphatic heterocycles. The Kier molecular flexibility index (Phi) is 6.62. The predicted octanol–water partition coefficient (Wildman–Crippen LogP) is 2.66. The fourth-order valence-corrected chi connectivity index (χ4v) is 3.12. The van der Waals surface area contributed by atoms with E-state index in [0.29, 0.717) is 0 Å². The summed E-state index contributed by atoms with van der Waals surface area (Å²) in [6.07, 6.45) is 7.92. The van der Waals surface area contributed by atoms with E-state index in [2.05, 4.69) is 24.1 Å². The lowest BCUT2D eigenvalue weighted by Crippen LogP contribution is -2.57. The zero-order valence-corrected chi connectivity index (χ0v) is 12.9. The Hall–Kier alpha value is -0.120. The van der Waals surface area contributed by atoms with Crippen molar-refractivity contribution in [2.24, 2.45) is 5.92 Å². The van der Waals surface area contributed by atoms with Crippen LogP contribution in [0.5, 0.6) is 0 Å². The van der Waals surface area contributed by atoms with Gasteiger partial charge in [-0.15, -0.1) is 0 Å². The first-order valence-electron chi connectivity index (χ1n) is 8.40. The Morgan fingerprint density at radius 3 is 2.68 bits per heavy atom. The van der Waals surface area contributed by atoms with Crippen molar-refractivity contribution >= 4 is 0 Å². The molecule has 0 aromatic heterocycles. The van der Waals surface area contributed by atoms with Crippen LogP contribution < -0.4 is 5.32 Å². The maximum absolute atomic E-state index is 5.75. The first-order chi connectivity index (χ1) is 9.35. The van der Waals surface area contributed by atoms with E-state index in [-0.39, 0.29) is 0 Å². The molecule has 0 radical (unpaired) electrons. The van der Waals surface area contributed by atoms with Gasteiger partial charge in [0.25, 0.3) is 0 Å². The highest BCUT2D eigenvalue weighted by Crippen LogP contribution is 2.34. The first kappa shape index (κ1) is 15.3. The number of nitrogens with zero attached hydrogens (tertiary/aromatic N) is 1. The molecule has 19 heavy (non-hydrogen) atoms. The lowest BCUT2D eigenvalue weighted by molar-refractivity contribution is 0.0584. The summed E-state index contributed by atoms with van der Waals surface area (Å²) < 4.78 is 5.75. The van der Waals surface area contributed by atoms with Crippen LogP contribution in [-0.4, -0.2) is 49.8 Å². The Morgan fingerprint density at radius 1 is 1.16 bits per heavy atom. The second kappa shape index (κ2) is 8.23. The molecule has 0 spiro atoms. The normalized spacial score (nSPS) is 28.7. The van der Waals surface area contributed by atoms with Crippen molar-refractivity contribution in [1.82, 2.24) is 10.2 Å². The average Bonchev–Trinajstić information content (AvgIpc) is 3.25. The highest BCUT2D eigenvalue weighted by atomic mass is 16.5. The van der Waals surface area contributed by atoms with Crippen LogP contribution in [0.2, 0.25) is 0 Å². The highest BCUT2D eigenvalue weighted by Gasteiger charge is 2.36. The van der Waals surface area contributed by atoms with Gasteiger partial charge in [0.1, 0.15) is 0 Å². The monoisotopic (exact) mass is 268 g/mol. The van der Waals surface area contributed by atoms with Gasteiger partial charge < -0.3 is 10.1 Å². The maximum Gasteiger partial charge on any atom is 0.0593 e. The van der Waals surface area contributed by atoms with Crippen LogP contribution in [-0.2, 0) is 4.74 Å². The summed E-state index contributed by atoms with van der Waals surface area (Å²) in [5.41, 5.74) is 0. The van der Waals surface area contributed by atoms with E-state index in [0.717, 1.165) is 37.8 Å². The van der Waals surface area contributed by atoms with Gasteiger partial charge in [-0.2, -0.15) is 0 Å². The van der Waals surface area contributed by atoms with Gasteiger partial charge in [0.2, 0.25) is 0 Å². The van der Waals surface area contributed by atoms with E-state index in [1.165, 1.54) is 51.6 Å². The van der Waals surface area contributed by atoms with Crippen molar-refractivity contribution in [3.63, 3.8) is 0 Å². The summed E-state index contributed by atoms with van der Waals surface area (Å²) in [6, 6.07) is 1.48. The van der Waals surface area contributed by atoms with Gasteiger partial charge >= 0.3 is 0 Å². The Balaban J connectivity index is 1.71. The third-order valence-electron chi connectivity index (χ3n) is 4.54. The summed E-state index contributed by atoms with van der Waals surface area (Å²) in [6.45, 7) is 9.92. The minimum Gasteiger partial charge on any atom is -0.380 e. The summed E-state index contributed by atoms with van der Waals surface area (Å²) in [4.78, 5) is 2.69. The van der Waals surface area contributed by atoms with Crippen LogP contribution in [0, 0.1) is 5.92 Å². The van der Waals surface area contributed by atoms with Crippen LogP contribution in [0.3, 0.4) is 0 Å². The van der Waals surface area contributed by atoms with Gasteiger partial charge in [-0.05, 0) is 31.6 Å². The van der Waals surface area contributed by atoms with Crippen molar-refractivity contribution in [2.45, 2.75) is 64.5 Å². The van der Waals surface area contributed by atoms with Gasteiger partial charge in [-0.3, -0.25) is 4.90 Å². The van der Waals surface area contributed by atoms with Crippen molar-refractivity contribution in [1.29, 1.82) is 0 Å². The van der Waals surface area contributed by atoms with E-state index in [1.807, 2.05) is 0 Å². The van der Waals surface area contributed by atoms with E-state index >= 15 is 0 Å². The molecule has 112 valence electrons. The van der Waals surface area contributed by atoms with Crippen molar-refractivity contribution in [2.75, 3.05) is 32.8 Å². The molecule has 1 aliphatic carbocycles. The van der Waals surface area contributed by atoms with Crippen LogP contribution in [0.15, 0.2) is 0 Å². The van der Waals surface area contributed by atoms with Crippen molar-refractivity contribution in [3.05, 3.63) is 0 Å². The van der Waals surface area contributed by atoms with E-state index in [9.17, 15) is 0 Å². The standard InChI is InChI=1S/C16H32N2O/c1-3-5-10-19-11-9-18-13-16(14-7-8-14)17-12-15(18)6-4-2/h14-17H,3-13H2,1-2H3. The largest absolute Gasteiger partial charge is 0.380 e. The minimum absolute atomic E-state index is 0.731. The zero-order chi connectivity index (χ0) is 13.5. The molecule has 1 heterocycles. The topological polar surface area (TPSA) is 24.5 Å². The number of hydrogen-bond acceptors (Lipinski definition) is 3. The Bertz CT molecular complexity index is 243. The Labute approximate surface area is 119 Å². The summed E-state index contributed by atoms with van der Waals surface area (Å²) in [5, 5.41) is 3.77. The van der Waals surface area contributed by atoms with Gasteiger partial charge in [0.05, 0.1) is 6.61 Å². The molecule has 1 saturated carbocycles. The summed E-state index contributed by atoms with van der Waals surface area (Å²) in [5.74, 6) is 0.964. The molecule has 2 aliphatic rings. The molecule has 1 N–H and O–H groups in total. The van der Waals surface area contributed by atoms with Gasteiger partial charge in [-0.1, -0.05) is 26.7 Å². The summed E-state index contributed by atoms with van der Waals surface area (Å²) >= 11 is 0. The zero-order valence-electron chi connectivity index (χ0n) is 12.9. The molecule has 3 heteroatoms. The van der Waals surface area contributed by atoms with Gasteiger partial charge in [-0.25, -0.2) is 0 Å². The van der Waals surface area contributed by atoms with Gasteiger partial charge in [0.15, 0.2) is 0 Å². The lowest BCUT2D eigenvalue weighted by atomic mass is 10.0. The van der Waals surface area contributed by atoms with E-state index in [4.69, 9.17) is 4.74 Å². The molecule has 2 fully saturated rings. The molecule has 2 unspecified atom stereocenters. The molecule has 0 aromatic rings. The van der Waals surface area contributed by atoms with Gasteiger partial charge in [0, 0.05) is 38.3 Å². The Morgan fingerprint density at radius 2 is 2.00 bits per heavy atom. The molecule has 0 bridgehead atoms. The molecule has 2 rings (SSSR count). The second-order valence-corrected chi connectivity index (χ2v) is 6.26. The number of rotatable bonds is 9. The number of nitrogens with one attached hydrogen (secondary N) is 1. The molecule has 0 amide bonds. The minimum atomic E-state index is 0.731. The fraction of sp³-hybridized carbons (Fsp3) is 1.00. The predicted molar refractivity (Wildman–Crippen MR) is 80.5 cm³/mol. The molecular weight excluding hydrogens is 236 g/mol. The number of piperazine rings is 1. The van der Waals surface area contributed by atoms with E-state index < -0.39 is 0 Å². The average molecular weight is 268 g/mol. The number of hydrogen-bond donors (Lipinski definition) is 1. The SMILES string of the molecule is CCCCOCCN1CC(C2CC2)NCC1CCC. The quantitative estimate of drug-likeness (QED) is 0.651.